The lowest BCUT2D eigenvalue weighted by molar-refractivity contribution is 0.122. The van der Waals surface area contributed by atoms with Crippen molar-refractivity contribution in [1.82, 2.24) is 14.8 Å². The Hall–Kier alpha value is -2.08. The Labute approximate surface area is 131 Å². The van der Waals surface area contributed by atoms with Crippen molar-refractivity contribution in [3.8, 4) is 0 Å². The van der Waals surface area contributed by atoms with Crippen LogP contribution in [0.25, 0.3) is 0 Å². The van der Waals surface area contributed by atoms with Crippen LogP contribution in [0.5, 0.6) is 0 Å². The molecule has 3 rings (SSSR count). The van der Waals surface area contributed by atoms with Crippen LogP contribution >= 0.6 is 0 Å². The van der Waals surface area contributed by atoms with E-state index in [9.17, 15) is 0 Å². The Bertz CT molecular complexity index is 589. The monoisotopic (exact) mass is 301 g/mol. The summed E-state index contributed by atoms with van der Waals surface area (Å²) >= 11 is 0. The average Bonchev–Trinajstić information content (AvgIpc) is 3.00. The third kappa shape index (κ3) is 3.39. The third-order valence-electron chi connectivity index (χ3n) is 3.96. The van der Waals surface area contributed by atoms with Crippen LogP contribution in [-0.4, -0.2) is 41.1 Å². The average molecular weight is 301 g/mol. The number of hydrogen-bond acceptors (Lipinski definition) is 5. The van der Waals surface area contributed by atoms with Crippen LogP contribution in [0.2, 0.25) is 0 Å². The third-order valence-corrected chi connectivity index (χ3v) is 3.96. The van der Waals surface area contributed by atoms with Crippen LogP contribution in [0.3, 0.4) is 0 Å². The van der Waals surface area contributed by atoms with Crippen molar-refractivity contribution in [3.05, 3.63) is 36.3 Å². The van der Waals surface area contributed by atoms with Gasteiger partial charge in [-0.25, -0.2) is 4.98 Å². The van der Waals surface area contributed by atoms with Gasteiger partial charge in [-0.1, -0.05) is 6.92 Å². The van der Waals surface area contributed by atoms with Crippen molar-refractivity contribution in [2.45, 2.75) is 19.4 Å². The zero-order chi connectivity index (χ0) is 15.4. The molecule has 0 saturated carbocycles. The molecule has 1 saturated heterocycles. The molecule has 0 amide bonds. The molecule has 1 fully saturated rings. The normalized spacial score (nSPS) is 16.5. The Balaban J connectivity index is 1.67. The van der Waals surface area contributed by atoms with E-state index in [4.69, 9.17) is 4.74 Å². The van der Waals surface area contributed by atoms with E-state index in [2.05, 4.69) is 45.6 Å². The van der Waals surface area contributed by atoms with E-state index in [1.54, 1.807) is 0 Å². The first-order chi connectivity index (χ1) is 10.8. The molecular formula is C16H23N5O. The zero-order valence-corrected chi connectivity index (χ0v) is 13.2. The summed E-state index contributed by atoms with van der Waals surface area (Å²) < 4.78 is 7.21. The van der Waals surface area contributed by atoms with Gasteiger partial charge in [-0.2, -0.15) is 5.10 Å². The summed E-state index contributed by atoms with van der Waals surface area (Å²) in [5.41, 5.74) is 2.23. The summed E-state index contributed by atoms with van der Waals surface area (Å²) in [4.78, 5) is 6.83. The standard InChI is InChI=1S/C16H23N5O/c1-3-15(13-10-18-20(2)12-13)19-14-4-5-16(17-11-14)21-6-8-22-9-7-21/h4-5,10-12,15,19H,3,6-9H2,1-2H3. The molecule has 0 spiro atoms. The van der Waals surface area contributed by atoms with E-state index in [-0.39, 0.29) is 6.04 Å². The van der Waals surface area contributed by atoms with Gasteiger partial charge in [0, 0.05) is 31.9 Å². The number of pyridine rings is 1. The van der Waals surface area contributed by atoms with E-state index in [0.29, 0.717) is 0 Å². The highest BCUT2D eigenvalue weighted by atomic mass is 16.5. The molecule has 6 nitrogen and oxygen atoms in total. The van der Waals surface area contributed by atoms with Crippen LogP contribution < -0.4 is 10.2 Å². The molecule has 3 heterocycles. The smallest absolute Gasteiger partial charge is 0.128 e. The van der Waals surface area contributed by atoms with Crippen molar-refractivity contribution in [2.24, 2.45) is 7.05 Å². The van der Waals surface area contributed by atoms with Gasteiger partial charge in [-0.15, -0.1) is 0 Å². The lowest BCUT2D eigenvalue weighted by atomic mass is 10.1. The zero-order valence-electron chi connectivity index (χ0n) is 13.2. The van der Waals surface area contributed by atoms with Gasteiger partial charge in [0.1, 0.15) is 5.82 Å². The predicted octanol–water partition coefficient (Wildman–Crippen LogP) is 2.21. The number of nitrogens with zero attached hydrogens (tertiary/aromatic N) is 4. The van der Waals surface area contributed by atoms with Crippen molar-refractivity contribution < 1.29 is 4.74 Å². The largest absolute Gasteiger partial charge is 0.378 e. The number of rotatable bonds is 5. The number of hydrogen-bond donors (Lipinski definition) is 1. The van der Waals surface area contributed by atoms with Crippen molar-refractivity contribution in [3.63, 3.8) is 0 Å². The molecule has 22 heavy (non-hydrogen) atoms. The topological polar surface area (TPSA) is 55.2 Å². The summed E-state index contributed by atoms with van der Waals surface area (Å²) in [7, 11) is 1.94. The first kappa shape index (κ1) is 14.8. The van der Waals surface area contributed by atoms with Crippen molar-refractivity contribution in [1.29, 1.82) is 0 Å². The number of ether oxygens (including phenoxy) is 1. The molecule has 1 aliphatic heterocycles. The molecule has 2 aromatic rings. The highest BCUT2D eigenvalue weighted by Gasteiger charge is 2.14. The minimum absolute atomic E-state index is 0.254. The molecule has 0 radical (unpaired) electrons. The molecule has 0 aliphatic carbocycles. The van der Waals surface area contributed by atoms with Gasteiger partial charge in [0.05, 0.1) is 37.3 Å². The number of aromatic nitrogens is 3. The Kier molecular flexibility index (Phi) is 4.58. The highest BCUT2D eigenvalue weighted by molar-refractivity contribution is 5.50. The maximum Gasteiger partial charge on any atom is 0.128 e. The van der Waals surface area contributed by atoms with Gasteiger partial charge in [0.15, 0.2) is 0 Å². The first-order valence-electron chi connectivity index (χ1n) is 7.80. The SMILES string of the molecule is CCC(Nc1ccc(N2CCOCC2)nc1)c1cnn(C)c1. The fraction of sp³-hybridized carbons (Fsp3) is 0.500. The van der Waals surface area contributed by atoms with Gasteiger partial charge in [0.25, 0.3) is 0 Å². The van der Waals surface area contributed by atoms with Crippen molar-refractivity contribution >= 4 is 11.5 Å². The van der Waals surface area contributed by atoms with Crippen LogP contribution in [-0.2, 0) is 11.8 Å². The molecule has 0 aromatic carbocycles. The van der Waals surface area contributed by atoms with E-state index in [0.717, 1.165) is 44.2 Å². The van der Waals surface area contributed by atoms with Crippen molar-refractivity contribution in [2.75, 3.05) is 36.5 Å². The Morgan fingerprint density at radius 3 is 2.68 bits per heavy atom. The molecule has 0 bridgehead atoms. The maximum atomic E-state index is 5.37. The molecule has 6 heteroatoms. The lowest BCUT2D eigenvalue weighted by Gasteiger charge is -2.28. The summed E-state index contributed by atoms with van der Waals surface area (Å²) in [5, 5.41) is 7.77. The summed E-state index contributed by atoms with van der Waals surface area (Å²) in [6.45, 7) is 5.54. The molecule has 118 valence electrons. The second-order valence-corrected chi connectivity index (χ2v) is 5.56. The van der Waals surface area contributed by atoms with Gasteiger partial charge in [-0.05, 0) is 18.6 Å². The number of anilines is 2. The fourth-order valence-corrected chi connectivity index (χ4v) is 2.69. The highest BCUT2D eigenvalue weighted by Crippen LogP contribution is 2.23. The predicted molar refractivity (Wildman–Crippen MR) is 87.1 cm³/mol. The number of morpholine rings is 1. The van der Waals surface area contributed by atoms with E-state index in [1.807, 2.05) is 24.1 Å². The minimum atomic E-state index is 0.254. The quantitative estimate of drug-likeness (QED) is 0.917. The van der Waals surface area contributed by atoms with E-state index < -0.39 is 0 Å². The van der Waals surface area contributed by atoms with E-state index >= 15 is 0 Å². The first-order valence-corrected chi connectivity index (χ1v) is 7.80. The molecule has 1 aliphatic rings. The minimum Gasteiger partial charge on any atom is -0.378 e. The van der Waals surface area contributed by atoms with Crippen LogP contribution in [0, 0.1) is 0 Å². The second kappa shape index (κ2) is 6.79. The fourth-order valence-electron chi connectivity index (χ4n) is 2.69. The van der Waals surface area contributed by atoms with Gasteiger partial charge < -0.3 is 15.0 Å². The van der Waals surface area contributed by atoms with Crippen LogP contribution in [0.15, 0.2) is 30.7 Å². The number of nitrogens with one attached hydrogen (secondary N) is 1. The Morgan fingerprint density at radius 1 is 1.27 bits per heavy atom. The Morgan fingerprint density at radius 2 is 2.09 bits per heavy atom. The summed E-state index contributed by atoms with van der Waals surface area (Å²) in [5.74, 6) is 1.02. The molecule has 1 atom stereocenters. The number of aryl methyl sites for hydroxylation is 1. The molecule has 2 aromatic heterocycles. The second-order valence-electron chi connectivity index (χ2n) is 5.56. The van der Waals surface area contributed by atoms with Crippen LogP contribution in [0.4, 0.5) is 11.5 Å². The maximum absolute atomic E-state index is 5.37. The van der Waals surface area contributed by atoms with Gasteiger partial charge >= 0.3 is 0 Å². The van der Waals surface area contributed by atoms with E-state index in [1.165, 1.54) is 5.56 Å². The summed E-state index contributed by atoms with van der Waals surface area (Å²) in [6, 6.07) is 4.42. The molecule has 1 N–H and O–H groups in total. The van der Waals surface area contributed by atoms with Gasteiger partial charge in [0.2, 0.25) is 0 Å². The molecular weight excluding hydrogens is 278 g/mol. The molecule has 1 unspecified atom stereocenters. The summed E-state index contributed by atoms with van der Waals surface area (Å²) in [6.07, 6.45) is 6.87. The van der Waals surface area contributed by atoms with Gasteiger partial charge in [-0.3, -0.25) is 4.68 Å². The lowest BCUT2D eigenvalue weighted by Crippen LogP contribution is -2.36. The van der Waals surface area contributed by atoms with Crippen LogP contribution in [0.1, 0.15) is 24.9 Å².